The van der Waals surface area contributed by atoms with Gasteiger partial charge in [0.15, 0.2) is 0 Å². The Balaban J connectivity index is 1.83. The first kappa shape index (κ1) is 7.27. The van der Waals surface area contributed by atoms with E-state index < -0.39 is 0 Å². The zero-order valence-electron chi connectivity index (χ0n) is 6.34. The minimum atomic E-state index is 0.277. The van der Waals surface area contributed by atoms with Crippen molar-refractivity contribution in [1.82, 2.24) is 0 Å². The van der Waals surface area contributed by atoms with Crippen molar-refractivity contribution in [1.29, 1.82) is 0 Å². The van der Waals surface area contributed by atoms with Crippen LogP contribution in [0.2, 0.25) is 0 Å². The molecule has 2 heterocycles. The number of fused-ring (bicyclic) bond motifs is 1. The second kappa shape index (κ2) is 2.20. The first-order valence-corrected chi connectivity index (χ1v) is 5.84. The number of allylic oxidation sites excluding steroid dienone is 2. The maximum Gasteiger partial charge on any atom is 0.134 e. The molecule has 3 heteroatoms. The number of hydrogen-bond acceptors (Lipinski definition) is 3. The number of rotatable bonds is 2. The summed E-state index contributed by atoms with van der Waals surface area (Å²) in [7, 11) is 0. The van der Waals surface area contributed by atoms with Gasteiger partial charge in [0, 0.05) is 10.5 Å². The van der Waals surface area contributed by atoms with Crippen LogP contribution in [0.25, 0.3) is 0 Å². The molecule has 0 aromatic carbocycles. The summed E-state index contributed by atoms with van der Waals surface area (Å²) in [5, 5.41) is 1.50. The summed E-state index contributed by atoms with van der Waals surface area (Å²) in [4.78, 5) is 10.5. The molecule has 2 saturated heterocycles. The van der Waals surface area contributed by atoms with Crippen LogP contribution in [-0.4, -0.2) is 26.8 Å². The van der Waals surface area contributed by atoms with Crippen LogP contribution >= 0.6 is 23.5 Å². The van der Waals surface area contributed by atoms with Gasteiger partial charge in [0.1, 0.15) is 6.29 Å². The molecule has 3 aliphatic rings. The molecule has 12 heavy (non-hydrogen) atoms. The van der Waals surface area contributed by atoms with Crippen LogP contribution in [0.15, 0.2) is 24.3 Å². The van der Waals surface area contributed by atoms with Gasteiger partial charge in [0.05, 0.1) is 10.00 Å². The Kier molecular flexibility index (Phi) is 1.34. The molecule has 0 bridgehead atoms. The van der Waals surface area contributed by atoms with Crippen LogP contribution in [0, 0.1) is 0 Å². The van der Waals surface area contributed by atoms with Crippen molar-refractivity contribution in [3.8, 4) is 0 Å². The summed E-state index contributed by atoms with van der Waals surface area (Å²) < 4.78 is 0.311. The normalized spacial score (nSPS) is 53.2. The van der Waals surface area contributed by atoms with E-state index in [4.69, 9.17) is 0 Å². The van der Waals surface area contributed by atoms with Crippen molar-refractivity contribution in [2.24, 2.45) is 0 Å². The maximum absolute atomic E-state index is 10.5. The van der Waals surface area contributed by atoms with Crippen molar-refractivity contribution < 1.29 is 4.79 Å². The summed E-state index contributed by atoms with van der Waals surface area (Å²) >= 11 is 3.79. The van der Waals surface area contributed by atoms with Gasteiger partial charge in [-0.1, -0.05) is 24.3 Å². The largest absolute Gasteiger partial charge is 0.302 e. The average Bonchev–Trinajstić information content (AvgIpc) is 2.99. The fraction of sp³-hybridized carbons (Fsp3) is 0.444. The zero-order chi connectivity index (χ0) is 8.18. The predicted octanol–water partition coefficient (Wildman–Crippen LogP) is 1.65. The van der Waals surface area contributed by atoms with E-state index >= 15 is 0 Å². The number of thioether (sulfide) groups is 2. The van der Waals surface area contributed by atoms with Gasteiger partial charge in [-0.2, -0.15) is 0 Å². The molecule has 1 aliphatic carbocycles. The van der Waals surface area contributed by atoms with Gasteiger partial charge in [-0.25, -0.2) is 0 Å². The number of aldehydes is 1. The molecule has 0 saturated carbocycles. The standard InChI is InChI=1S/C9H8OS2/c10-5-6-8(11-6)9-4-2-1-3-7(9)12-9/h1-8H. The Labute approximate surface area is 79.7 Å². The van der Waals surface area contributed by atoms with Gasteiger partial charge >= 0.3 is 0 Å². The molecule has 4 unspecified atom stereocenters. The highest BCUT2D eigenvalue weighted by molar-refractivity contribution is 8.14. The van der Waals surface area contributed by atoms with Gasteiger partial charge in [-0.3, -0.25) is 0 Å². The molecule has 0 aromatic heterocycles. The number of carbonyl (C=O) groups is 1. The minimum absolute atomic E-state index is 0.277. The Morgan fingerprint density at radius 3 is 3.00 bits per heavy atom. The van der Waals surface area contributed by atoms with Crippen molar-refractivity contribution in [2.45, 2.75) is 20.5 Å². The van der Waals surface area contributed by atoms with E-state index in [1.54, 1.807) is 0 Å². The monoisotopic (exact) mass is 196 g/mol. The minimum Gasteiger partial charge on any atom is -0.302 e. The molecule has 62 valence electrons. The maximum atomic E-state index is 10.5. The van der Waals surface area contributed by atoms with E-state index in [1.807, 2.05) is 23.5 Å². The van der Waals surface area contributed by atoms with E-state index in [0.29, 0.717) is 15.2 Å². The Bertz CT molecular complexity index is 297. The number of hydrogen-bond donors (Lipinski definition) is 0. The molecule has 3 rings (SSSR count). The van der Waals surface area contributed by atoms with Gasteiger partial charge in [0.25, 0.3) is 0 Å². The summed E-state index contributed by atoms with van der Waals surface area (Å²) in [5.41, 5.74) is 0. The summed E-state index contributed by atoms with van der Waals surface area (Å²) in [6.07, 6.45) is 9.81. The highest BCUT2D eigenvalue weighted by Crippen LogP contribution is 2.68. The molecule has 0 N–H and O–H groups in total. The fourth-order valence-corrected chi connectivity index (χ4v) is 4.62. The molecule has 2 fully saturated rings. The van der Waals surface area contributed by atoms with Crippen LogP contribution in [0.4, 0.5) is 0 Å². The number of carbonyl (C=O) groups excluding carboxylic acids is 1. The molecule has 4 atom stereocenters. The lowest BCUT2D eigenvalue weighted by Crippen LogP contribution is -2.21. The van der Waals surface area contributed by atoms with E-state index in [0.717, 1.165) is 6.29 Å². The topological polar surface area (TPSA) is 17.1 Å². The third kappa shape index (κ3) is 0.811. The third-order valence-electron chi connectivity index (χ3n) is 2.58. The van der Waals surface area contributed by atoms with Gasteiger partial charge in [-0.05, 0) is 0 Å². The highest BCUT2D eigenvalue weighted by Gasteiger charge is 2.66. The molecular formula is C9H8OS2. The van der Waals surface area contributed by atoms with E-state index in [9.17, 15) is 4.79 Å². The molecule has 0 aromatic rings. The predicted molar refractivity (Wildman–Crippen MR) is 53.6 cm³/mol. The zero-order valence-corrected chi connectivity index (χ0v) is 7.98. The van der Waals surface area contributed by atoms with Crippen LogP contribution in [0.5, 0.6) is 0 Å². The first-order chi connectivity index (χ1) is 5.87. The average molecular weight is 196 g/mol. The Morgan fingerprint density at radius 1 is 1.42 bits per heavy atom. The molecular weight excluding hydrogens is 188 g/mol. The molecule has 0 spiro atoms. The van der Waals surface area contributed by atoms with Gasteiger partial charge in [0.2, 0.25) is 0 Å². The van der Waals surface area contributed by atoms with Crippen LogP contribution in [0.1, 0.15) is 0 Å². The molecule has 0 amide bonds. The van der Waals surface area contributed by atoms with E-state index in [1.165, 1.54) is 0 Å². The second-order valence-electron chi connectivity index (χ2n) is 3.29. The first-order valence-electron chi connectivity index (χ1n) is 4.01. The van der Waals surface area contributed by atoms with E-state index in [-0.39, 0.29) is 5.25 Å². The van der Waals surface area contributed by atoms with Crippen molar-refractivity contribution >= 4 is 29.8 Å². The van der Waals surface area contributed by atoms with Crippen molar-refractivity contribution in [2.75, 3.05) is 0 Å². The quantitative estimate of drug-likeness (QED) is 0.494. The lowest BCUT2D eigenvalue weighted by molar-refractivity contribution is -0.106. The summed E-state index contributed by atoms with van der Waals surface area (Å²) in [6, 6.07) is 0. The Morgan fingerprint density at radius 2 is 2.33 bits per heavy atom. The Hall–Kier alpha value is -0.150. The molecule has 2 aliphatic heterocycles. The van der Waals surface area contributed by atoms with Crippen LogP contribution in [-0.2, 0) is 4.79 Å². The van der Waals surface area contributed by atoms with Gasteiger partial charge < -0.3 is 4.79 Å². The smallest absolute Gasteiger partial charge is 0.134 e. The van der Waals surface area contributed by atoms with Crippen LogP contribution < -0.4 is 0 Å². The lowest BCUT2D eigenvalue weighted by atomic mass is 9.96. The lowest BCUT2D eigenvalue weighted by Gasteiger charge is -2.07. The van der Waals surface area contributed by atoms with Crippen molar-refractivity contribution in [3.63, 3.8) is 0 Å². The summed E-state index contributed by atoms with van der Waals surface area (Å²) in [5.74, 6) is 0. The van der Waals surface area contributed by atoms with Crippen molar-refractivity contribution in [3.05, 3.63) is 24.3 Å². The second-order valence-corrected chi connectivity index (χ2v) is 6.07. The SMILES string of the molecule is O=CC1SC1C12C=CC=CC1S2. The third-order valence-corrected chi connectivity index (χ3v) is 5.68. The van der Waals surface area contributed by atoms with E-state index in [2.05, 4.69) is 24.3 Å². The fourth-order valence-electron chi connectivity index (χ4n) is 1.79. The molecule has 1 nitrogen and oxygen atoms in total. The van der Waals surface area contributed by atoms with Crippen LogP contribution in [0.3, 0.4) is 0 Å². The summed E-state index contributed by atoms with van der Waals surface area (Å²) in [6.45, 7) is 0. The molecule has 0 radical (unpaired) electrons. The highest BCUT2D eigenvalue weighted by atomic mass is 32.2. The van der Waals surface area contributed by atoms with Gasteiger partial charge in [-0.15, -0.1) is 23.5 Å².